The number of hydrogen-bond acceptors (Lipinski definition) is 6. The molecule has 9 nitrogen and oxygen atoms in total. The van der Waals surface area contributed by atoms with Crippen LogP contribution in [0.2, 0.25) is 0 Å². The second kappa shape index (κ2) is 9.20. The Morgan fingerprint density at radius 3 is 2.46 bits per heavy atom. The first kappa shape index (κ1) is 25.3. The molecule has 2 aromatic carbocycles. The van der Waals surface area contributed by atoms with Gasteiger partial charge in [-0.15, -0.1) is 0 Å². The van der Waals surface area contributed by atoms with Crippen LogP contribution in [0.1, 0.15) is 12.8 Å². The number of hydrogen-bond donors (Lipinski definition) is 2. The standard InChI is InChI=1S/C24H20F2IN5O4S/c1-31-22-18(21(19(26)24(31)34)28-17-9-6-13(27)11-16(17)25)23(33)32(2)29-20(22)12-4-3-5-14(10-12)30-37(35,36)15-7-8-15/h3-6,9-11,15,28,30H,7-8H2,1-2H3. The highest BCUT2D eigenvalue weighted by molar-refractivity contribution is 14.1. The smallest absolute Gasteiger partial charge is 0.289 e. The second-order valence-corrected chi connectivity index (χ2v) is 11.9. The van der Waals surface area contributed by atoms with E-state index in [1.165, 1.54) is 32.3 Å². The van der Waals surface area contributed by atoms with E-state index in [9.17, 15) is 22.4 Å². The molecule has 0 unspecified atom stereocenters. The number of benzene rings is 2. The number of halogens is 3. The van der Waals surface area contributed by atoms with Gasteiger partial charge in [0.25, 0.3) is 11.1 Å². The minimum atomic E-state index is -3.54. The number of sulfonamides is 1. The fourth-order valence-electron chi connectivity index (χ4n) is 4.03. The SMILES string of the molecule is Cn1nc(-c2cccc(NS(=O)(=O)C3CC3)c2)c2c(c(Nc3ccc(I)cc3F)c(F)c(=O)n2C)c1=O. The number of nitrogens with one attached hydrogen (secondary N) is 2. The van der Waals surface area contributed by atoms with Gasteiger partial charge < -0.3 is 9.88 Å². The van der Waals surface area contributed by atoms with Gasteiger partial charge in [-0.2, -0.15) is 9.49 Å². The molecule has 13 heteroatoms. The van der Waals surface area contributed by atoms with Gasteiger partial charge in [0.2, 0.25) is 15.8 Å². The number of anilines is 3. The fourth-order valence-corrected chi connectivity index (χ4v) is 5.87. The summed E-state index contributed by atoms with van der Waals surface area (Å²) in [5.41, 5.74) is -1.57. The van der Waals surface area contributed by atoms with Crippen LogP contribution in [-0.4, -0.2) is 28.0 Å². The largest absolute Gasteiger partial charge is 0.350 e. The van der Waals surface area contributed by atoms with E-state index < -0.39 is 43.7 Å². The lowest BCUT2D eigenvalue weighted by Gasteiger charge is -2.17. The first-order valence-corrected chi connectivity index (χ1v) is 13.7. The summed E-state index contributed by atoms with van der Waals surface area (Å²) in [5, 5.41) is 6.24. The zero-order chi connectivity index (χ0) is 26.6. The van der Waals surface area contributed by atoms with Crippen molar-refractivity contribution in [2.24, 2.45) is 14.1 Å². The van der Waals surface area contributed by atoms with E-state index in [0.29, 0.717) is 22.0 Å². The summed E-state index contributed by atoms with van der Waals surface area (Å²) in [7, 11) is -0.879. The monoisotopic (exact) mass is 639 g/mol. The van der Waals surface area contributed by atoms with Crippen LogP contribution in [0.4, 0.5) is 25.8 Å². The van der Waals surface area contributed by atoms with E-state index in [1.807, 2.05) is 22.6 Å². The third-order valence-corrected chi connectivity index (χ3v) is 8.61. The Bertz CT molecular complexity index is 1820. The number of pyridine rings is 1. The molecule has 2 N–H and O–H groups in total. The predicted molar refractivity (Wildman–Crippen MR) is 146 cm³/mol. The Hall–Kier alpha value is -3.33. The molecule has 0 spiro atoms. The van der Waals surface area contributed by atoms with Gasteiger partial charge in [-0.05, 0) is 65.8 Å². The maximum Gasteiger partial charge on any atom is 0.289 e. The number of fused-ring (bicyclic) bond motifs is 1. The zero-order valence-electron chi connectivity index (χ0n) is 19.5. The lowest BCUT2D eigenvalue weighted by Crippen LogP contribution is -2.29. The molecule has 0 aliphatic heterocycles. The van der Waals surface area contributed by atoms with Crippen LogP contribution in [-0.2, 0) is 24.1 Å². The molecule has 0 amide bonds. The maximum absolute atomic E-state index is 15.3. The van der Waals surface area contributed by atoms with E-state index in [2.05, 4.69) is 15.1 Å². The van der Waals surface area contributed by atoms with Crippen molar-refractivity contribution in [1.82, 2.24) is 14.3 Å². The van der Waals surface area contributed by atoms with Crippen LogP contribution in [0.15, 0.2) is 52.1 Å². The summed E-state index contributed by atoms with van der Waals surface area (Å²) in [6.45, 7) is 0. The molecule has 192 valence electrons. The molecule has 0 radical (unpaired) electrons. The van der Waals surface area contributed by atoms with E-state index in [4.69, 9.17) is 0 Å². The van der Waals surface area contributed by atoms with Gasteiger partial charge in [-0.1, -0.05) is 12.1 Å². The number of aryl methyl sites for hydroxylation is 2. The fraction of sp³-hybridized carbons (Fsp3) is 0.208. The summed E-state index contributed by atoms with van der Waals surface area (Å²) in [4.78, 5) is 26.1. The van der Waals surface area contributed by atoms with Crippen molar-refractivity contribution >= 4 is 60.6 Å². The molecule has 5 rings (SSSR count). The summed E-state index contributed by atoms with van der Waals surface area (Å²) in [6.07, 6.45) is 1.18. The first-order valence-electron chi connectivity index (χ1n) is 11.1. The molecule has 37 heavy (non-hydrogen) atoms. The highest BCUT2D eigenvalue weighted by Crippen LogP contribution is 2.34. The second-order valence-electron chi connectivity index (χ2n) is 8.73. The number of rotatable bonds is 6. The van der Waals surface area contributed by atoms with Crippen molar-refractivity contribution in [3.63, 3.8) is 0 Å². The van der Waals surface area contributed by atoms with Crippen LogP contribution >= 0.6 is 22.6 Å². The van der Waals surface area contributed by atoms with Crippen LogP contribution in [0.25, 0.3) is 22.2 Å². The van der Waals surface area contributed by atoms with Gasteiger partial charge in [-0.3, -0.25) is 14.3 Å². The molecule has 4 aromatic rings. The maximum atomic E-state index is 15.3. The third-order valence-electron chi connectivity index (χ3n) is 6.07. The number of nitrogens with zero attached hydrogens (tertiary/aromatic N) is 3. The van der Waals surface area contributed by atoms with Crippen molar-refractivity contribution < 1.29 is 17.2 Å². The van der Waals surface area contributed by atoms with Crippen LogP contribution in [0.5, 0.6) is 0 Å². The Kier molecular flexibility index (Phi) is 6.30. The average Bonchev–Trinajstić information content (AvgIpc) is 3.70. The topological polar surface area (TPSA) is 115 Å². The highest BCUT2D eigenvalue weighted by Gasteiger charge is 2.35. The van der Waals surface area contributed by atoms with Crippen molar-refractivity contribution in [1.29, 1.82) is 0 Å². The zero-order valence-corrected chi connectivity index (χ0v) is 22.5. The average molecular weight is 639 g/mol. The lowest BCUT2D eigenvalue weighted by molar-refractivity contribution is 0.598. The molecule has 1 saturated carbocycles. The molecule has 2 heterocycles. The van der Waals surface area contributed by atoms with Gasteiger partial charge in [0.05, 0.1) is 27.5 Å². The van der Waals surface area contributed by atoms with Crippen LogP contribution in [0.3, 0.4) is 0 Å². The van der Waals surface area contributed by atoms with E-state index in [-0.39, 0.29) is 28.0 Å². The predicted octanol–water partition coefficient (Wildman–Crippen LogP) is 3.83. The first-order chi connectivity index (χ1) is 17.5. The van der Waals surface area contributed by atoms with Gasteiger partial charge in [0.1, 0.15) is 11.5 Å². The van der Waals surface area contributed by atoms with Gasteiger partial charge in [0, 0.05) is 28.9 Å². The van der Waals surface area contributed by atoms with E-state index in [1.54, 1.807) is 24.3 Å². The quantitative estimate of drug-likeness (QED) is 0.310. The van der Waals surface area contributed by atoms with Crippen molar-refractivity contribution in [2.75, 3.05) is 10.0 Å². The molecule has 0 bridgehead atoms. The minimum absolute atomic E-state index is 0.00474. The molecule has 1 aliphatic carbocycles. The van der Waals surface area contributed by atoms with Gasteiger partial charge in [-0.25, -0.2) is 17.5 Å². The molecule has 0 atom stereocenters. The summed E-state index contributed by atoms with van der Waals surface area (Å²) < 4.78 is 59.8. The molecular formula is C24H20F2IN5O4S. The highest BCUT2D eigenvalue weighted by atomic mass is 127. The summed E-state index contributed by atoms with van der Waals surface area (Å²) in [5.74, 6) is -1.95. The van der Waals surface area contributed by atoms with E-state index >= 15 is 4.39 Å². The third kappa shape index (κ3) is 4.61. The van der Waals surface area contributed by atoms with Crippen LogP contribution in [0, 0.1) is 15.2 Å². The minimum Gasteiger partial charge on any atom is -0.350 e. The van der Waals surface area contributed by atoms with Crippen molar-refractivity contribution in [3.05, 3.63) is 78.4 Å². The lowest BCUT2D eigenvalue weighted by atomic mass is 10.1. The molecule has 1 fully saturated rings. The summed E-state index contributed by atoms with van der Waals surface area (Å²) in [6, 6.07) is 10.5. The number of aromatic nitrogens is 3. The summed E-state index contributed by atoms with van der Waals surface area (Å²) >= 11 is 1.92. The molecular weight excluding hydrogens is 619 g/mol. The Balaban J connectivity index is 1.75. The van der Waals surface area contributed by atoms with Crippen molar-refractivity contribution in [3.8, 4) is 11.3 Å². The Morgan fingerprint density at radius 2 is 1.78 bits per heavy atom. The normalized spacial score (nSPS) is 13.6. The van der Waals surface area contributed by atoms with Gasteiger partial charge in [0.15, 0.2) is 0 Å². The van der Waals surface area contributed by atoms with Crippen molar-refractivity contribution in [2.45, 2.75) is 18.1 Å². The molecule has 1 aliphatic rings. The Labute approximate surface area is 223 Å². The van der Waals surface area contributed by atoms with Gasteiger partial charge >= 0.3 is 0 Å². The molecule has 0 saturated heterocycles. The Morgan fingerprint density at radius 1 is 1.05 bits per heavy atom. The van der Waals surface area contributed by atoms with E-state index in [0.717, 1.165) is 9.25 Å². The molecule has 2 aromatic heterocycles. The van der Waals surface area contributed by atoms with Crippen LogP contribution < -0.4 is 21.2 Å².